The average Bonchev–Trinajstić information content (AvgIpc) is 2.73. The van der Waals surface area contributed by atoms with Gasteiger partial charge in [-0.15, -0.1) is 0 Å². The first-order chi connectivity index (χ1) is 8.20. The summed E-state index contributed by atoms with van der Waals surface area (Å²) < 4.78 is 5.48. The summed E-state index contributed by atoms with van der Waals surface area (Å²) in [7, 11) is 0. The Kier molecular flexibility index (Phi) is 3.40. The van der Waals surface area contributed by atoms with Crippen LogP contribution < -0.4 is 4.74 Å². The van der Waals surface area contributed by atoms with Crippen molar-refractivity contribution in [2.24, 2.45) is 0 Å². The number of ether oxygens (including phenoxy) is 1. The molecule has 1 aromatic heterocycles. The van der Waals surface area contributed by atoms with E-state index in [4.69, 9.17) is 22.1 Å². The number of aliphatic hydroxyl groups is 1. The standard InChI is InChI=1S/C10H11N3O3S/c14-3-4-16-6-1-2-7(8(15)5-6)9-11-10(17)13-12-9/h1-2,5,14-15H,3-4H2,(H2,11,12,13,17). The van der Waals surface area contributed by atoms with Gasteiger partial charge in [-0.25, -0.2) is 0 Å². The first-order valence-electron chi connectivity index (χ1n) is 4.92. The van der Waals surface area contributed by atoms with Gasteiger partial charge < -0.3 is 14.9 Å². The maximum atomic E-state index is 9.80. The summed E-state index contributed by atoms with van der Waals surface area (Å²) in [5.74, 6) is 0.967. The lowest BCUT2D eigenvalue weighted by atomic mass is 10.2. The largest absolute Gasteiger partial charge is 0.507 e. The summed E-state index contributed by atoms with van der Waals surface area (Å²) in [5.41, 5.74) is 0.522. The summed E-state index contributed by atoms with van der Waals surface area (Å²) in [6.45, 7) is 0.110. The highest BCUT2D eigenvalue weighted by atomic mass is 32.1. The molecule has 4 N–H and O–H groups in total. The Labute approximate surface area is 102 Å². The van der Waals surface area contributed by atoms with Crippen LogP contribution >= 0.6 is 12.2 Å². The number of aromatic hydroxyl groups is 1. The van der Waals surface area contributed by atoms with Gasteiger partial charge in [0, 0.05) is 6.07 Å². The normalized spacial score (nSPS) is 10.4. The Balaban J connectivity index is 2.28. The zero-order valence-corrected chi connectivity index (χ0v) is 9.62. The molecule has 90 valence electrons. The fourth-order valence-electron chi connectivity index (χ4n) is 1.36. The number of nitrogens with one attached hydrogen (secondary N) is 2. The van der Waals surface area contributed by atoms with Gasteiger partial charge in [-0.2, -0.15) is 4.98 Å². The number of hydrogen-bond acceptors (Lipinski definition) is 5. The third kappa shape index (κ3) is 2.63. The lowest BCUT2D eigenvalue weighted by Crippen LogP contribution is -2.01. The van der Waals surface area contributed by atoms with Gasteiger partial charge in [-0.3, -0.25) is 10.2 Å². The van der Waals surface area contributed by atoms with E-state index in [1.807, 2.05) is 0 Å². The molecule has 1 heterocycles. The summed E-state index contributed by atoms with van der Waals surface area (Å²) in [4.78, 5) is 4.00. The molecule has 0 bridgehead atoms. The number of rotatable bonds is 4. The van der Waals surface area contributed by atoms with E-state index in [0.29, 0.717) is 21.9 Å². The lowest BCUT2D eigenvalue weighted by Gasteiger charge is -2.06. The van der Waals surface area contributed by atoms with Gasteiger partial charge in [0.1, 0.15) is 18.1 Å². The molecular formula is C10H11N3O3S. The molecular weight excluding hydrogens is 242 g/mol. The van der Waals surface area contributed by atoms with Gasteiger partial charge in [0.25, 0.3) is 0 Å². The van der Waals surface area contributed by atoms with Crippen LogP contribution in [0.15, 0.2) is 18.2 Å². The molecule has 0 saturated carbocycles. The molecule has 2 aromatic rings. The summed E-state index contributed by atoms with van der Waals surface area (Å²) in [5, 5.41) is 23.8. The molecule has 0 unspecified atom stereocenters. The van der Waals surface area contributed by atoms with E-state index in [1.165, 1.54) is 6.07 Å². The Morgan fingerprint density at radius 2 is 2.18 bits per heavy atom. The van der Waals surface area contributed by atoms with Gasteiger partial charge in [0.05, 0.1) is 12.2 Å². The second kappa shape index (κ2) is 4.98. The number of phenolic OH excluding ortho intramolecular Hbond substituents is 1. The minimum absolute atomic E-state index is 0.0261. The van der Waals surface area contributed by atoms with Crippen molar-refractivity contribution in [3.8, 4) is 22.9 Å². The highest BCUT2D eigenvalue weighted by molar-refractivity contribution is 7.71. The van der Waals surface area contributed by atoms with E-state index in [0.717, 1.165) is 0 Å². The first kappa shape index (κ1) is 11.6. The van der Waals surface area contributed by atoms with Gasteiger partial charge in [0.2, 0.25) is 4.77 Å². The number of aromatic amines is 2. The summed E-state index contributed by atoms with van der Waals surface area (Å²) in [6.07, 6.45) is 0. The molecule has 0 amide bonds. The van der Waals surface area contributed by atoms with Gasteiger partial charge in [-0.1, -0.05) is 0 Å². The molecule has 0 aliphatic carbocycles. The number of phenols is 1. The quantitative estimate of drug-likeness (QED) is 0.614. The third-order valence-electron chi connectivity index (χ3n) is 2.09. The van der Waals surface area contributed by atoms with Crippen molar-refractivity contribution in [2.45, 2.75) is 0 Å². The smallest absolute Gasteiger partial charge is 0.213 e. The third-order valence-corrected chi connectivity index (χ3v) is 2.28. The van der Waals surface area contributed by atoms with Gasteiger partial charge in [-0.05, 0) is 24.4 Å². The monoisotopic (exact) mass is 253 g/mol. The molecule has 0 spiro atoms. The van der Waals surface area contributed by atoms with E-state index in [9.17, 15) is 5.11 Å². The molecule has 7 heteroatoms. The van der Waals surface area contributed by atoms with E-state index < -0.39 is 0 Å². The van der Waals surface area contributed by atoms with Crippen LogP contribution in [0.2, 0.25) is 0 Å². The number of aliphatic hydroxyl groups excluding tert-OH is 1. The van der Waals surface area contributed by atoms with Crippen LogP contribution in [-0.2, 0) is 0 Å². The number of hydrogen-bond donors (Lipinski definition) is 4. The molecule has 0 radical (unpaired) electrons. The van der Waals surface area contributed by atoms with Crippen LogP contribution in [0.5, 0.6) is 11.5 Å². The maximum absolute atomic E-state index is 9.80. The van der Waals surface area contributed by atoms with Crippen molar-refractivity contribution in [2.75, 3.05) is 13.2 Å². The van der Waals surface area contributed by atoms with Crippen molar-refractivity contribution < 1.29 is 14.9 Å². The molecule has 0 aliphatic rings. The van der Waals surface area contributed by atoms with Crippen molar-refractivity contribution in [1.82, 2.24) is 15.2 Å². The predicted octanol–water partition coefficient (Wildman–Crippen LogP) is 1.21. The van der Waals surface area contributed by atoms with Crippen LogP contribution in [0.25, 0.3) is 11.4 Å². The molecule has 1 aromatic carbocycles. The van der Waals surface area contributed by atoms with Crippen LogP contribution in [0, 0.1) is 4.77 Å². The molecule has 0 atom stereocenters. The van der Waals surface area contributed by atoms with Crippen molar-refractivity contribution >= 4 is 12.2 Å². The Morgan fingerprint density at radius 1 is 1.35 bits per heavy atom. The zero-order chi connectivity index (χ0) is 12.3. The Morgan fingerprint density at radius 3 is 2.76 bits per heavy atom. The van der Waals surface area contributed by atoms with E-state index in [-0.39, 0.29) is 19.0 Å². The molecule has 2 rings (SSSR count). The minimum atomic E-state index is -0.0744. The Bertz CT molecular complexity index is 564. The van der Waals surface area contributed by atoms with Gasteiger partial charge >= 0.3 is 0 Å². The fraction of sp³-hybridized carbons (Fsp3) is 0.200. The average molecular weight is 253 g/mol. The summed E-state index contributed by atoms with van der Waals surface area (Å²) >= 11 is 4.83. The SMILES string of the molecule is OCCOc1ccc(-c2nc(=S)[nH][nH]2)c(O)c1. The number of benzene rings is 1. The van der Waals surface area contributed by atoms with Crippen molar-refractivity contribution in [3.05, 3.63) is 23.0 Å². The molecule has 0 fully saturated rings. The molecule has 0 saturated heterocycles. The second-order valence-corrected chi connectivity index (χ2v) is 3.65. The van der Waals surface area contributed by atoms with E-state index in [1.54, 1.807) is 12.1 Å². The van der Waals surface area contributed by atoms with Crippen LogP contribution in [-0.4, -0.2) is 38.6 Å². The number of H-pyrrole nitrogens is 2. The fourth-order valence-corrected chi connectivity index (χ4v) is 1.50. The number of nitrogens with zero attached hydrogens (tertiary/aromatic N) is 1. The molecule has 0 aliphatic heterocycles. The van der Waals surface area contributed by atoms with Crippen molar-refractivity contribution in [3.63, 3.8) is 0 Å². The predicted molar refractivity (Wildman–Crippen MR) is 63.5 cm³/mol. The number of aromatic nitrogens is 3. The van der Waals surface area contributed by atoms with E-state index >= 15 is 0 Å². The van der Waals surface area contributed by atoms with Crippen LogP contribution in [0.4, 0.5) is 0 Å². The lowest BCUT2D eigenvalue weighted by molar-refractivity contribution is 0.201. The van der Waals surface area contributed by atoms with Crippen LogP contribution in [0.3, 0.4) is 0 Å². The molecule has 6 nitrogen and oxygen atoms in total. The summed E-state index contributed by atoms with van der Waals surface area (Å²) in [6, 6.07) is 4.79. The topological polar surface area (TPSA) is 94.2 Å². The minimum Gasteiger partial charge on any atom is -0.507 e. The van der Waals surface area contributed by atoms with E-state index in [2.05, 4.69) is 15.2 Å². The highest BCUT2D eigenvalue weighted by Gasteiger charge is 2.08. The zero-order valence-electron chi connectivity index (χ0n) is 8.80. The van der Waals surface area contributed by atoms with Crippen molar-refractivity contribution in [1.29, 1.82) is 0 Å². The second-order valence-electron chi connectivity index (χ2n) is 3.27. The van der Waals surface area contributed by atoms with Crippen LogP contribution in [0.1, 0.15) is 0 Å². The highest BCUT2D eigenvalue weighted by Crippen LogP contribution is 2.29. The maximum Gasteiger partial charge on any atom is 0.213 e. The first-order valence-corrected chi connectivity index (χ1v) is 5.33. The Hall–Kier alpha value is -1.86. The van der Waals surface area contributed by atoms with Gasteiger partial charge in [0.15, 0.2) is 5.82 Å². The molecule has 17 heavy (non-hydrogen) atoms.